The minimum absolute atomic E-state index is 0.972. The molecule has 0 fully saturated rings. The van der Waals surface area contributed by atoms with Gasteiger partial charge in [-0.25, -0.2) is 0 Å². The van der Waals surface area contributed by atoms with Crippen molar-refractivity contribution in [2.75, 3.05) is 5.32 Å². The highest BCUT2D eigenvalue weighted by Gasteiger charge is 2.02. The van der Waals surface area contributed by atoms with E-state index < -0.39 is 0 Å². The van der Waals surface area contributed by atoms with Crippen molar-refractivity contribution in [3.63, 3.8) is 0 Å². The predicted molar refractivity (Wildman–Crippen MR) is 68.3 cm³/mol. The van der Waals surface area contributed by atoms with E-state index in [4.69, 9.17) is 0 Å². The maximum Gasteiger partial charge on any atom is 0.0416 e. The molecule has 0 radical (unpaired) electrons. The van der Waals surface area contributed by atoms with Crippen LogP contribution in [0.3, 0.4) is 0 Å². The van der Waals surface area contributed by atoms with Gasteiger partial charge in [0.2, 0.25) is 0 Å². The van der Waals surface area contributed by atoms with Gasteiger partial charge in [0.15, 0.2) is 0 Å². The molecule has 1 N–H and O–H groups in total. The van der Waals surface area contributed by atoms with Crippen molar-refractivity contribution in [2.24, 2.45) is 0 Å². The van der Waals surface area contributed by atoms with Crippen LogP contribution >= 0.6 is 0 Å². The third kappa shape index (κ3) is 3.12. The second kappa shape index (κ2) is 5.59. The average Bonchev–Trinajstić information content (AvgIpc) is 2.28. The number of anilines is 1. The lowest BCUT2D eigenvalue weighted by atomic mass is 10.1. The standard InChI is InChI=1S/C14H21N/c1-5-11(4)15-14-10-12(6-2)8-9-13(14)7-3/h8-10,15H,4-7H2,1-3H3. The number of rotatable bonds is 5. The summed E-state index contributed by atoms with van der Waals surface area (Å²) in [5.41, 5.74) is 5.04. The van der Waals surface area contributed by atoms with Crippen molar-refractivity contribution in [3.05, 3.63) is 41.6 Å². The number of hydrogen-bond donors (Lipinski definition) is 1. The molecular formula is C14H21N. The van der Waals surface area contributed by atoms with E-state index in [1.165, 1.54) is 16.8 Å². The van der Waals surface area contributed by atoms with Crippen molar-refractivity contribution in [3.8, 4) is 0 Å². The van der Waals surface area contributed by atoms with Gasteiger partial charge in [0.25, 0.3) is 0 Å². The lowest BCUT2D eigenvalue weighted by molar-refractivity contribution is 1.07. The Kier molecular flexibility index (Phi) is 4.41. The summed E-state index contributed by atoms with van der Waals surface area (Å²) in [7, 11) is 0. The van der Waals surface area contributed by atoms with Crippen molar-refractivity contribution >= 4 is 5.69 Å². The third-order valence-corrected chi connectivity index (χ3v) is 2.70. The molecule has 15 heavy (non-hydrogen) atoms. The van der Waals surface area contributed by atoms with Crippen LogP contribution in [0.25, 0.3) is 0 Å². The first-order chi connectivity index (χ1) is 7.21. The first-order valence-electron chi connectivity index (χ1n) is 5.77. The van der Waals surface area contributed by atoms with Crippen LogP contribution in [-0.4, -0.2) is 0 Å². The Hall–Kier alpha value is -1.24. The van der Waals surface area contributed by atoms with E-state index >= 15 is 0 Å². The summed E-state index contributed by atoms with van der Waals surface area (Å²) >= 11 is 0. The molecular weight excluding hydrogens is 182 g/mol. The van der Waals surface area contributed by atoms with Crippen LogP contribution in [0.2, 0.25) is 0 Å². The molecule has 1 aromatic carbocycles. The Morgan fingerprint density at radius 3 is 2.47 bits per heavy atom. The molecule has 0 amide bonds. The van der Waals surface area contributed by atoms with Crippen LogP contribution in [-0.2, 0) is 12.8 Å². The van der Waals surface area contributed by atoms with Gasteiger partial charge in [-0.3, -0.25) is 0 Å². The van der Waals surface area contributed by atoms with E-state index in [2.05, 4.69) is 50.9 Å². The van der Waals surface area contributed by atoms with Gasteiger partial charge in [-0.05, 0) is 36.5 Å². The van der Waals surface area contributed by atoms with Crippen LogP contribution in [0.5, 0.6) is 0 Å². The first kappa shape index (κ1) is 11.8. The van der Waals surface area contributed by atoms with Crippen LogP contribution in [0, 0.1) is 0 Å². The maximum absolute atomic E-state index is 3.99. The topological polar surface area (TPSA) is 12.0 Å². The maximum atomic E-state index is 3.99. The lowest BCUT2D eigenvalue weighted by Gasteiger charge is -2.13. The fourth-order valence-corrected chi connectivity index (χ4v) is 1.55. The van der Waals surface area contributed by atoms with Gasteiger partial charge in [0, 0.05) is 11.4 Å². The van der Waals surface area contributed by atoms with Gasteiger partial charge in [-0.1, -0.05) is 39.5 Å². The highest BCUT2D eigenvalue weighted by Crippen LogP contribution is 2.20. The number of benzene rings is 1. The Labute approximate surface area is 93.2 Å². The van der Waals surface area contributed by atoms with E-state index in [9.17, 15) is 0 Å². The minimum atomic E-state index is 0.972. The molecule has 0 aliphatic heterocycles. The van der Waals surface area contributed by atoms with Gasteiger partial charge in [0.1, 0.15) is 0 Å². The van der Waals surface area contributed by atoms with Crippen LogP contribution in [0.15, 0.2) is 30.5 Å². The van der Waals surface area contributed by atoms with Crippen molar-refractivity contribution in [1.82, 2.24) is 0 Å². The zero-order valence-corrected chi connectivity index (χ0v) is 10.1. The Morgan fingerprint density at radius 1 is 1.20 bits per heavy atom. The minimum Gasteiger partial charge on any atom is -0.359 e. The van der Waals surface area contributed by atoms with E-state index in [1.807, 2.05) is 0 Å². The summed E-state index contributed by atoms with van der Waals surface area (Å²) in [5.74, 6) is 0. The smallest absolute Gasteiger partial charge is 0.0416 e. The molecule has 1 rings (SSSR count). The van der Waals surface area contributed by atoms with Gasteiger partial charge in [-0.2, -0.15) is 0 Å². The average molecular weight is 203 g/mol. The van der Waals surface area contributed by atoms with Crippen molar-refractivity contribution in [1.29, 1.82) is 0 Å². The van der Waals surface area contributed by atoms with Crippen molar-refractivity contribution < 1.29 is 0 Å². The monoisotopic (exact) mass is 203 g/mol. The fraction of sp³-hybridized carbons (Fsp3) is 0.429. The van der Waals surface area contributed by atoms with E-state index in [1.54, 1.807) is 0 Å². The van der Waals surface area contributed by atoms with E-state index in [0.717, 1.165) is 25.0 Å². The second-order valence-corrected chi connectivity index (χ2v) is 3.78. The highest BCUT2D eigenvalue weighted by molar-refractivity contribution is 5.56. The number of aryl methyl sites for hydroxylation is 2. The Bertz CT molecular complexity index is 339. The molecule has 0 aromatic heterocycles. The lowest BCUT2D eigenvalue weighted by Crippen LogP contribution is -2.01. The quantitative estimate of drug-likeness (QED) is 0.758. The summed E-state index contributed by atoms with van der Waals surface area (Å²) in [6.07, 6.45) is 3.11. The number of allylic oxidation sites excluding steroid dienone is 1. The molecule has 0 heterocycles. The van der Waals surface area contributed by atoms with E-state index in [-0.39, 0.29) is 0 Å². The molecule has 0 aliphatic carbocycles. The fourth-order valence-electron chi connectivity index (χ4n) is 1.55. The van der Waals surface area contributed by atoms with Gasteiger partial charge in [-0.15, -0.1) is 0 Å². The number of nitrogens with one attached hydrogen (secondary N) is 1. The zero-order valence-electron chi connectivity index (χ0n) is 10.1. The van der Waals surface area contributed by atoms with Crippen molar-refractivity contribution in [2.45, 2.75) is 40.0 Å². The summed E-state index contributed by atoms with van der Waals surface area (Å²) < 4.78 is 0. The summed E-state index contributed by atoms with van der Waals surface area (Å²) in [5, 5.41) is 3.39. The molecule has 1 aromatic rings. The number of hydrogen-bond acceptors (Lipinski definition) is 1. The van der Waals surface area contributed by atoms with Gasteiger partial charge < -0.3 is 5.32 Å². The normalized spacial score (nSPS) is 10.1. The SMILES string of the molecule is C=C(CC)Nc1cc(CC)ccc1CC. The van der Waals surface area contributed by atoms with E-state index in [0.29, 0.717) is 0 Å². The molecule has 0 unspecified atom stereocenters. The van der Waals surface area contributed by atoms with Crippen LogP contribution in [0.1, 0.15) is 38.3 Å². The molecule has 0 saturated heterocycles. The largest absolute Gasteiger partial charge is 0.359 e. The summed E-state index contributed by atoms with van der Waals surface area (Å²) in [4.78, 5) is 0. The summed E-state index contributed by atoms with van der Waals surface area (Å²) in [6, 6.07) is 6.66. The molecule has 0 spiro atoms. The van der Waals surface area contributed by atoms with Crippen LogP contribution < -0.4 is 5.32 Å². The van der Waals surface area contributed by atoms with Gasteiger partial charge >= 0.3 is 0 Å². The Morgan fingerprint density at radius 2 is 1.93 bits per heavy atom. The molecule has 1 heteroatoms. The molecule has 0 atom stereocenters. The molecule has 1 nitrogen and oxygen atoms in total. The zero-order chi connectivity index (χ0) is 11.3. The van der Waals surface area contributed by atoms with Crippen LogP contribution in [0.4, 0.5) is 5.69 Å². The predicted octanol–water partition coefficient (Wildman–Crippen LogP) is 4.15. The third-order valence-electron chi connectivity index (χ3n) is 2.70. The van der Waals surface area contributed by atoms with Gasteiger partial charge in [0.05, 0.1) is 0 Å². The Balaban J connectivity index is 2.95. The molecule has 0 bridgehead atoms. The highest BCUT2D eigenvalue weighted by atomic mass is 14.9. The first-order valence-corrected chi connectivity index (χ1v) is 5.77. The summed E-state index contributed by atoms with van der Waals surface area (Å²) in [6.45, 7) is 10.5. The molecule has 0 saturated carbocycles. The molecule has 82 valence electrons. The molecule has 0 aliphatic rings. The second-order valence-electron chi connectivity index (χ2n) is 3.78.